The van der Waals surface area contributed by atoms with Crippen molar-refractivity contribution in [3.05, 3.63) is 11.8 Å². The van der Waals surface area contributed by atoms with E-state index in [1.165, 1.54) is 0 Å². The highest BCUT2D eigenvalue weighted by atomic mass is 16.4. The summed E-state index contributed by atoms with van der Waals surface area (Å²) in [6, 6.07) is -0.489. The van der Waals surface area contributed by atoms with Crippen molar-refractivity contribution in [2.45, 2.75) is 38.8 Å². The lowest BCUT2D eigenvalue weighted by Gasteiger charge is -2.11. The van der Waals surface area contributed by atoms with Crippen LogP contribution in [0.2, 0.25) is 0 Å². The number of carboxylic acids is 1. The number of aryl methyl sites for hydroxylation is 1. The molecule has 0 bridgehead atoms. The van der Waals surface area contributed by atoms with Crippen LogP contribution in [0.1, 0.15) is 31.5 Å². The summed E-state index contributed by atoms with van der Waals surface area (Å²) in [6.45, 7) is 2.25. The average molecular weight is 225 g/mol. The van der Waals surface area contributed by atoms with E-state index in [4.69, 9.17) is 9.52 Å². The molecule has 2 N–H and O–H groups in total. The predicted octanol–water partition coefficient (Wildman–Crippen LogP) is 0.585. The summed E-state index contributed by atoms with van der Waals surface area (Å²) in [4.78, 5) is 10.9. The van der Waals surface area contributed by atoms with Gasteiger partial charge in [0.05, 0.1) is 6.54 Å². The van der Waals surface area contributed by atoms with Crippen molar-refractivity contribution >= 4 is 5.97 Å². The largest absolute Gasteiger partial charge is 0.480 e. The van der Waals surface area contributed by atoms with Crippen LogP contribution in [-0.2, 0) is 17.8 Å². The second kappa shape index (κ2) is 4.61. The standard InChI is InChI=1S/C10H15N3O3/c1-2-7-12-13-8(16-7)5-11-9(10(14)15)6-3-4-6/h6,9,11H,2-5H2,1H3,(H,14,15). The molecule has 0 spiro atoms. The number of carbonyl (C=O) groups is 1. The Bertz CT molecular complexity index is 373. The molecule has 1 atom stereocenters. The van der Waals surface area contributed by atoms with E-state index in [0.717, 1.165) is 12.8 Å². The predicted molar refractivity (Wildman–Crippen MR) is 54.7 cm³/mol. The van der Waals surface area contributed by atoms with Gasteiger partial charge in [-0.05, 0) is 18.8 Å². The van der Waals surface area contributed by atoms with Crippen LogP contribution in [0.5, 0.6) is 0 Å². The van der Waals surface area contributed by atoms with Gasteiger partial charge in [0.25, 0.3) is 0 Å². The van der Waals surface area contributed by atoms with Crippen LogP contribution in [0.4, 0.5) is 0 Å². The van der Waals surface area contributed by atoms with E-state index in [9.17, 15) is 4.79 Å². The molecule has 1 aliphatic rings. The summed E-state index contributed by atoms with van der Waals surface area (Å²) in [5, 5.41) is 19.6. The molecule has 1 aromatic heterocycles. The summed E-state index contributed by atoms with van der Waals surface area (Å²) in [7, 11) is 0. The van der Waals surface area contributed by atoms with Crippen molar-refractivity contribution in [1.82, 2.24) is 15.5 Å². The van der Waals surface area contributed by atoms with Crippen LogP contribution >= 0.6 is 0 Å². The maximum absolute atomic E-state index is 10.9. The normalized spacial score (nSPS) is 17.3. The van der Waals surface area contributed by atoms with Gasteiger partial charge in [0, 0.05) is 6.42 Å². The summed E-state index contributed by atoms with van der Waals surface area (Å²) in [5.74, 6) is 0.475. The third-order valence-corrected chi connectivity index (χ3v) is 2.64. The summed E-state index contributed by atoms with van der Waals surface area (Å²) >= 11 is 0. The molecule has 1 aliphatic carbocycles. The van der Waals surface area contributed by atoms with Crippen LogP contribution in [0, 0.1) is 5.92 Å². The third-order valence-electron chi connectivity index (χ3n) is 2.64. The summed E-state index contributed by atoms with van der Waals surface area (Å²) in [6.07, 6.45) is 2.65. The van der Waals surface area contributed by atoms with Crippen molar-refractivity contribution in [3.8, 4) is 0 Å². The Balaban J connectivity index is 1.87. The van der Waals surface area contributed by atoms with Gasteiger partial charge in [-0.1, -0.05) is 6.92 Å². The molecule has 1 fully saturated rings. The van der Waals surface area contributed by atoms with Gasteiger partial charge in [0.1, 0.15) is 6.04 Å². The molecule has 0 radical (unpaired) electrons. The first-order valence-corrected chi connectivity index (χ1v) is 5.48. The van der Waals surface area contributed by atoms with Gasteiger partial charge in [-0.3, -0.25) is 10.1 Å². The fraction of sp³-hybridized carbons (Fsp3) is 0.700. The molecule has 1 aromatic rings. The van der Waals surface area contributed by atoms with Crippen molar-refractivity contribution in [3.63, 3.8) is 0 Å². The Morgan fingerprint density at radius 1 is 1.56 bits per heavy atom. The van der Waals surface area contributed by atoms with Gasteiger partial charge in [-0.15, -0.1) is 10.2 Å². The minimum atomic E-state index is -0.808. The van der Waals surface area contributed by atoms with Crippen LogP contribution in [0.25, 0.3) is 0 Å². The molecule has 6 nitrogen and oxygen atoms in total. The Kier molecular flexibility index (Phi) is 3.19. The van der Waals surface area contributed by atoms with E-state index in [1.54, 1.807) is 0 Å². The molecule has 1 saturated carbocycles. The second-order valence-corrected chi connectivity index (χ2v) is 3.98. The molecule has 1 heterocycles. The lowest BCUT2D eigenvalue weighted by atomic mass is 10.2. The van der Waals surface area contributed by atoms with Gasteiger partial charge in [-0.25, -0.2) is 0 Å². The molecular formula is C10H15N3O3. The number of nitrogens with zero attached hydrogens (tertiary/aromatic N) is 2. The number of hydrogen-bond donors (Lipinski definition) is 2. The van der Waals surface area contributed by atoms with Gasteiger partial charge in [0.15, 0.2) is 0 Å². The highest BCUT2D eigenvalue weighted by Gasteiger charge is 2.35. The molecule has 2 rings (SSSR count). The van der Waals surface area contributed by atoms with E-state index in [2.05, 4.69) is 15.5 Å². The van der Waals surface area contributed by atoms with Crippen LogP contribution < -0.4 is 5.32 Å². The van der Waals surface area contributed by atoms with Crippen LogP contribution in [-0.4, -0.2) is 27.3 Å². The maximum Gasteiger partial charge on any atom is 0.320 e. The van der Waals surface area contributed by atoms with Crippen molar-refractivity contribution in [1.29, 1.82) is 0 Å². The zero-order valence-corrected chi connectivity index (χ0v) is 9.14. The zero-order chi connectivity index (χ0) is 11.5. The quantitative estimate of drug-likeness (QED) is 0.736. The molecular weight excluding hydrogens is 210 g/mol. The Morgan fingerprint density at radius 2 is 2.25 bits per heavy atom. The van der Waals surface area contributed by atoms with Gasteiger partial charge >= 0.3 is 5.97 Å². The lowest BCUT2D eigenvalue weighted by Crippen LogP contribution is -2.38. The highest BCUT2D eigenvalue weighted by molar-refractivity contribution is 5.74. The summed E-state index contributed by atoms with van der Waals surface area (Å²) < 4.78 is 5.29. The highest BCUT2D eigenvalue weighted by Crippen LogP contribution is 2.32. The first kappa shape index (κ1) is 11.1. The Labute approximate surface area is 93.1 Å². The number of hydrogen-bond acceptors (Lipinski definition) is 5. The number of aliphatic carboxylic acids is 1. The minimum Gasteiger partial charge on any atom is -0.480 e. The van der Waals surface area contributed by atoms with E-state index in [-0.39, 0.29) is 5.92 Å². The molecule has 88 valence electrons. The van der Waals surface area contributed by atoms with Crippen molar-refractivity contribution in [2.24, 2.45) is 5.92 Å². The monoisotopic (exact) mass is 225 g/mol. The fourth-order valence-electron chi connectivity index (χ4n) is 1.59. The van der Waals surface area contributed by atoms with E-state index in [0.29, 0.717) is 24.7 Å². The first-order valence-electron chi connectivity index (χ1n) is 5.48. The number of nitrogens with one attached hydrogen (secondary N) is 1. The van der Waals surface area contributed by atoms with Gasteiger partial charge in [0.2, 0.25) is 11.8 Å². The Hall–Kier alpha value is -1.43. The molecule has 0 aliphatic heterocycles. The van der Waals surface area contributed by atoms with E-state index < -0.39 is 12.0 Å². The van der Waals surface area contributed by atoms with Crippen LogP contribution in [0.15, 0.2) is 4.42 Å². The lowest BCUT2D eigenvalue weighted by molar-refractivity contribution is -0.140. The fourth-order valence-corrected chi connectivity index (χ4v) is 1.59. The number of rotatable bonds is 6. The van der Waals surface area contributed by atoms with Gasteiger partial charge in [-0.2, -0.15) is 0 Å². The molecule has 0 amide bonds. The zero-order valence-electron chi connectivity index (χ0n) is 9.14. The average Bonchev–Trinajstić information content (AvgIpc) is 2.97. The second-order valence-electron chi connectivity index (χ2n) is 3.98. The first-order chi connectivity index (χ1) is 7.70. The third kappa shape index (κ3) is 2.57. The van der Waals surface area contributed by atoms with Crippen molar-refractivity contribution < 1.29 is 14.3 Å². The number of aromatic nitrogens is 2. The SMILES string of the molecule is CCc1nnc(CNC(C(=O)O)C2CC2)o1. The minimum absolute atomic E-state index is 0.256. The van der Waals surface area contributed by atoms with E-state index >= 15 is 0 Å². The molecule has 0 aromatic carbocycles. The van der Waals surface area contributed by atoms with E-state index in [1.807, 2.05) is 6.92 Å². The maximum atomic E-state index is 10.9. The van der Waals surface area contributed by atoms with Gasteiger partial charge < -0.3 is 9.52 Å². The number of carboxylic acid groups (broad SMARTS) is 1. The smallest absolute Gasteiger partial charge is 0.320 e. The molecule has 6 heteroatoms. The molecule has 1 unspecified atom stereocenters. The topological polar surface area (TPSA) is 88.2 Å². The molecule has 0 saturated heterocycles. The summed E-state index contributed by atoms with van der Waals surface area (Å²) in [5.41, 5.74) is 0. The Morgan fingerprint density at radius 3 is 2.75 bits per heavy atom. The molecule has 16 heavy (non-hydrogen) atoms. The van der Waals surface area contributed by atoms with Crippen LogP contribution in [0.3, 0.4) is 0 Å². The van der Waals surface area contributed by atoms with Crippen molar-refractivity contribution in [2.75, 3.05) is 0 Å².